The summed E-state index contributed by atoms with van der Waals surface area (Å²) >= 11 is 0. The second-order valence-electron chi connectivity index (χ2n) is 6.19. The zero-order valence-electron chi connectivity index (χ0n) is 14.7. The smallest absolute Gasteiger partial charge is 0.269 e. The van der Waals surface area contributed by atoms with Gasteiger partial charge in [-0.3, -0.25) is 10.1 Å². The Kier molecular flexibility index (Phi) is 6.17. The molecule has 8 nitrogen and oxygen atoms in total. The lowest BCUT2D eigenvalue weighted by molar-refractivity contribution is -0.384. The summed E-state index contributed by atoms with van der Waals surface area (Å²) in [6, 6.07) is 13.2. The monoisotopic (exact) mass is 391 g/mol. The van der Waals surface area contributed by atoms with Crippen molar-refractivity contribution in [3.05, 3.63) is 69.8 Å². The lowest BCUT2D eigenvalue weighted by Gasteiger charge is -2.26. The molecule has 2 aromatic rings. The molecule has 1 N–H and O–H groups in total. The number of sulfonamides is 1. The second kappa shape index (κ2) is 8.57. The van der Waals surface area contributed by atoms with E-state index in [0.29, 0.717) is 39.4 Å². The van der Waals surface area contributed by atoms with Crippen LogP contribution in [0.15, 0.2) is 53.4 Å². The van der Waals surface area contributed by atoms with E-state index in [1.54, 1.807) is 30.3 Å². The first kappa shape index (κ1) is 19.4. The van der Waals surface area contributed by atoms with Gasteiger partial charge in [0, 0.05) is 38.3 Å². The third-order valence-electron chi connectivity index (χ3n) is 4.31. The molecule has 1 aliphatic heterocycles. The van der Waals surface area contributed by atoms with Crippen molar-refractivity contribution in [2.24, 2.45) is 0 Å². The summed E-state index contributed by atoms with van der Waals surface area (Å²) in [7, 11) is -3.49. The number of rotatable bonds is 7. The molecule has 0 aliphatic carbocycles. The minimum Gasteiger partial charge on any atom is -0.379 e. The average molecular weight is 391 g/mol. The fraction of sp³-hybridized carbons (Fsp3) is 0.333. The van der Waals surface area contributed by atoms with Gasteiger partial charge in [-0.2, -0.15) is 4.31 Å². The predicted octanol–water partition coefficient (Wildman–Crippen LogP) is 1.91. The normalized spacial score (nSPS) is 15.6. The van der Waals surface area contributed by atoms with Gasteiger partial charge in [0.25, 0.3) is 5.69 Å². The fourth-order valence-corrected chi connectivity index (χ4v) is 4.25. The highest BCUT2D eigenvalue weighted by molar-refractivity contribution is 7.89. The van der Waals surface area contributed by atoms with Gasteiger partial charge in [0.2, 0.25) is 10.0 Å². The Morgan fingerprint density at radius 2 is 1.70 bits per heavy atom. The van der Waals surface area contributed by atoms with Gasteiger partial charge in [-0.05, 0) is 23.3 Å². The maximum Gasteiger partial charge on any atom is 0.269 e. The number of benzene rings is 2. The molecule has 0 amide bonds. The van der Waals surface area contributed by atoms with Crippen LogP contribution in [0.25, 0.3) is 0 Å². The number of morpholine rings is 1. The minimum atomic E-state index is -3.49. The lowest BCUT2D eigenvalue weighted by atomic mass is 10.2. The van der Waals surface area contributed by atoms with Crippen molar-refractivity contribution in [1.29, 1.82) is 0 Å². The first-order chi connectivity index (χ1) is 13.0. The molecule has 2 aromatic carbocycles. The number of nitrogens with one attached hydrogen (secondary N) is 1. The van der Waals surface area contributed by atoms with Gasteiger partial charge in [0.15, 0.2) is 0 Å². The number of ether oxygens (including phenoxy) is 1. The maximum absolute atomic E-state index is 12.6. The molecule has 0 atom stereocenters. The summed E-state index contributed by atoms with van der Waals surface area (Å²) in [5, 5.41) is 14.0. The number of nitro benzene ring substituents is 1. The molecule has 0 spiro atoms. The lowest BCUT2D eigenvalue weighted by Crippen LogP contribution is -2.40. The Labute approximate surface area is 158 Å². The average Bonchev–Trinajstić information content (AvgIpc) is 2.69. The molecule has 27 heavy (non-hydrogen) atoms. The van der Waals surface area contributed by atoms with Gasteiger partial charge in [-0.1, -0.05) is 24.3 Å². The van der Waals surface area contributed by atoms with Crippen LogP contribution in [-0.4, -0.2) is 43.9 Å². The molecule has 0 aromatic heterocycles. The van der Waals surface area contributed by atoms with E-state index in [1.807, 2.05) is 6.07 Å². The molecule has 0 radical (unpaired) electrons. The molecule has 3 rings (SSSR count). The van der Waals surface area contributed by atoms with Crippen molar-refractivity contribution in [2.75, 3.05) is 26.3 Å². The Bertz CT molecular complexity index is 893. The topological polar surface area (TPSA) is 102 Å². The number of hydrogen-bond acceptors (Lipinski definition) is 6. The number of non-ortho nitro benzene ring substituents is 1. The van der Waals surface area contributed by atoms with Gasteiger partial charge in [0.05, 0.1) is 23.0 Å². The van der Waals surface area contributed by atoms with Crippen LogP contribution < -0.4 is 5.32 Å². The zero-order chi connectivity index (χ0) is 19.3. The van der Waals surface area contributed by atoms with E-state index in [0.717, 1.165) is 11.1 Å². The third-order valence-corrected chi connectivity index (χ3v) is 6.22. The van der Waals surface area contributed by atoms with E-state index in [9.17, 15) is 18.5 Å². The molecule has 0 bridgehead atoms. The van der Waals surface area contributed by atoms with E-state index in [4.69, 9.17) is 4.74 Å². The number of hydrogen-bond donors (Lipinski definition) is 1. The summed E-state index contributed by atoms with van der Waals surface area (Å²) in [5.74, 6) is 0. The SMILES string of the molecule is O=[N+]([O-])c1cccc(CNCc2ccc(S(=O)(=O)N3CCOCC3)cc2)c1. The highest BCUT2D eigenvalue weighted by Gasteiger charge is 2.25. The molecule has 1 fully saturated rings. The molecule has 1 saturated heterocycles. The molecule has 1 aliphatic rings. The van der Waals surface area contributed by atoms with E-state index in [-0.39, 0.29) is 10.6 Å². The predicted molar refractivity (Wildman–Crippen MR) is 99.7 cm³/mol. The fourth-order valence-electron chi connectivity index (χ4n) is 2.85. The van der Waals surface area contributed by atoms with Gasteiger partial charge in [0.1, 0.15) is 0 Å². The highest BCUT2D eigenvalue weighted by atomic mass is 32.2. The highest BCUT2D eigenvalue weighted by Crippen LogP contribution is 2.18. The third kappa shape index (κ3) is 4.89. The van der Waals surface area contributed by atoms with Crippen molar-refractivity contribution >= 4 is 15.7 Å². The van der Waals surface area contributed by atoms with E-state index in [1.165, 1.54) is 16.4 Å². The van der Waals surface area contributed by atoms with Crippen LogP contribution in [0, 0.1) is 10.1 Å². The van der Waals surface area contributed by atoms with Crippen molar-refractivity contribution in [3.63, 3.8) is 0 Å². The van der Waals surface area contributed by atoms with Crippen LogP contribution in [0.4, 0.5) is 5.69 Å². The number of nitro groups is 1. The Morgan fingerprint density at radius 3 is 2.37 bits per heavy atom. The van der Waals surface area contributed by atoms with Crippen LogP contribution in [0.3, 0.4) is 0 Å². The first-order valence-electron chi connectivity index (χ1n) is 8.58. The maximum atomic E-state index is 12.6. The second-order valence-corrected chi connectivity index (χ2v) is 8.13. The summed E-state index contributed by atoms with van der Waals surface area (Å²) in [6.45, 7) is 2.58. The first-order valence-corrected chi connectivity index (χ1v) is 10.0. The Hall–Kier alpha value is -2.33. The minimum absolute atomic E-state index is 0.0620. The van der Waals surface area contributed by atoms with Crippen molar-refractivity contribution in [2.45, 2.75) is 18.0 Å². The standard InChI is InChI=1S/C18H21N3O5S/c22-21(23)17-3-1-2-16(12-17)14-19-13-15-4-6-18(7-5-15)27(24,25)20-8-10-26-11-9-20/h1-7,12,19H,8-11,13-14H2. The van der Waals surface area contributed by atoms with Gasteiger partial charge >= 0.3 is 0 Å². The summed E-state index contributed by atoms with van der Waals surface area (Å²) in [6.07, 6.45) is 0. The van der Waals surface area contributed by atoms with Crippen molar-refractivity contribution in [1.82, 2.24) is 9.62 Å². The largest absolute Gasteiger partial charge is 0.379 e. The van der Waals surface area contributed by atoms with E-state index < -0.39 is 14.9 Å². The molecular weight excluding hydrogens is 370 g/mol. The van der Waals surface area contributed by atoms with Crippen LogP contribution in [0.5, 0.6) is 0 Å². The molecule has 144 valence electrons. The van der Waals surface area contributed by atoms with Gasteiger partial charge < -0.3 is 10.1 Å². The molecule has 0 unspecified atom stereocenters. The van der Waals surface area contributed by atoms with E-state index >= 15 is 0 Å². The summed E-state index contributed by atoms with van der Waals surface area (Å²) < 4.78 is 31.8. The van der Waals surface area contributed by atoms with Crippen LogP contribution in [0.1, 0.15) is 11.1 Å². The van der Waals surface area contributed by atoms with Crippen LogP contribution in [-0.2, 0) is 27.8 Å². The quantitative estimate of drug-likeness (QED) is 0.571. The van der Waals surface area contributed by atoms with Crippen LogP contribution in [0.2, 0.25) is 0 Å². The van der Waals surface area contributed by atoms with E-state index in [2.05, 4.69) is 5.32 Å². The van der Waals surface area contributed by atoms with Gasteiger partial charge in [-0.25, -0.2) is 8.42 Å². The molecule has 1 heterocycles. The zero-order valence-corrected chi connectivity index (χ0v) is 15.5. The molecule has 9 heteroatoms. The summed E-state index contributed by atoms with van der Waals surface area (Å²) in [4.78, 5) is 10.7. The Morgan fingerprint density at radius 1 is 1.04 bits per heavy atom. The van der Waals surface area contributed by atoms with Crippen LogP contribution >= 0.6 is 0 Å². The molecular formula is C18H21N3O5S. The van der Waals surface area contributed by atoms with Gasteiger partial charge in [-0.15, -0.1) is 0 Å². The van der Waals surface area contributed by atoms with Crippen molar-refractivity contribution in [3.8, 4) is 0 Å². The number of nitrogens with zero attached hydrogens (tertiary/aromatic N) is 2. The summed E-state index contributed by atoms with van der Waals surface area (Å²) in [5.41, 5.74) is 1.81. The molecule has 0 saturated carbocycles. The Balaban J connectivity index is 1.58. The van der Waals surface area contributed by atoms with Crippen molar-refractivity contribution < 1.29 is 18.1 Å².